The second-order valence-electron chi connectivity index (χ2n) is 7.02. The van der Waals surface area contributed by atoms with Crippen LogP contribution in [0.1, 0.15) is 35.8 Å². The van der Waals surface area contributed by atoms with Gasteiger partial charge in [-0.15, -0.1) is 0 Å². The number of carbonyl (C=O) groups excluding carboxylic acids is 3. The molecule has 1 atom stereocenters. The molecule has 0 fully saturated rings. The van der Waals surface area contributed by atoms with Crippen molar-refractivity contribution in [1.82, 2.24) is 5.32 Å². The first kappa shape index (κ1) is 21.6. The quantitative estimate of drug-likeness (QED) is 0.465. The summed E-state index contributed by atoms with van der Waals surface area (Å²) in [6.07, 6.45) is 0. The smallest absolute Gasteiger partial charge is 0.323 e. The van der Waals surface area contributed by atoms with Crippen molar-refractivity contribution < 1.29 is 14.4 Å². The van der Waals surface area contributed by atoms with Gasteiger partial charge < -0.3 is 21.3 Å². The Balaban J connectivity index is 1.57. The lowest BCUT2D eigenvalue weighted by Crippen LogP contribution is -2.26. The summed E-state index contributed by atoms with van der Waals surface area (Å²) in [5, 5.41) is 11.1. The van der Waals surface area contributed by atoms with E-state index in [1.165, 1.54) is 6.92 Å². The average Bonchev–Trinajstić information content (AvgIpc) is 2.74. The van der Waals surface area contributed by atoms with Gasteiger partial charge in [0.15, 0.2) is 0 Å². The Hall–Kier alpha value is -4.13. The molecule has 7 nitrogen and oxygen atoms in total. The van der Waals surface area contributed by atoms with E-state index in [-0.39, 0.29) is 23.9 Å². The molecule has 0 bridgehead atoms. The first-order valence-corrected chi connectivity index (χ1v) is 9.82. The van der Waals surface area contributed by atoms with Crippen molar-refractivity contribution in [3.8, 4) is 0 Å². The maximum absolute atomic E-state index is 12.6. The van der Waals surface area contributed by atoms with Gasteiger partial charge in [-0.2, -0.15) is 0 Å². The van der Waals surface area contributed by atoms with Crippen LogP contribution in [0.5, 0.6) is 0 Å². The van der Waals surface area contributed by atoms with Crippen LogP contribution in [0.4, 0.5) is 21.9 Å². The SMILES string of the molecule is CC(=O)Nc1cccc(C(=O)NC(C)c2ccc(NC(=O)Nc3ccccc3)cc2)c1. The van der Waals surface area contributed by atoms with Crippen molar-refractivity contribution in [2.45, 2.75) is 19.9 Å². The number of urea groups is 1. The molecule has 0 aliphatic carbocycles. The Bertz CT molecular complexity index is 1070. The zero-order valence-corrected chi connectivity index (χ0v) is 17.3. The lowest BCUT2D eigenvalue weighted by Gasteiger charge is -2.16. The van der Waals surface area contributed by atoms with Crippen molar-refractivity contribution in [3.05, 3.63) is 90.0 Å². The fourth-order valence-corrected chi connectivity index (χ4v) is 2.97. The van der Waals surface area contributed by atoms with Crippen molar-refractivity contribution in [1.29, 1.82) is 0 Å². The van der Waals surface area contributed by atoms with Crippen LogP contribution in [0.2, 0.25) is 0 Å². The summed E-state index contributed by atoms with van der Waals surface area (Å²) in [5.74, 6) is -0.443. The zero-order chi connectivity index (χ0) is 22.2. The fraction of sp³-hybridized carbons (Fsp3) is 0.125. The van der Waals surface area contributed by atoms with E-state index >= 15 is 0 Å². The van der Waals surface area contributed by atoms with E-state index in [2.05, 4.69) is 21.3 Å². The molecular weight excluding hydrogens is 392 g/mol. The van der Waals surface area contributed by atoms with Crippen LogP contribution in [0.15, 0.2) is 78.9 Å². The normalized spacial score (nSPS) is 11.2. The number of rotatable bonds is 6. The van der Waals surface area contributed by atoms with Gasteiger partial charge in [-0.05, 0) is 55.0 Å². The third-order valence-electron chi connectivity index (χ3n) is 4.49. The highest BCUT2D eigenvalue weighted by Crippen LogP contribution is 2.18. The van der Waals surface area contributed by atoms with Gasteiger partial charge >= 0.3 is 6.03 Å². The van der Waals surface area contributed by atoms with Crippen molar-refractivity contribution in [3.63, 3.8) is 0 Å². The summed E-state index contributed by atoms with van der Waals surface area (Å²) in [7, 11) is 0. The van der Waals surface area contributed by atoms with Gasteiger partial charge in [0, 0.05) is 29.5 Å². The molecule has 0 saturated carbocycles. The van der Waals surface area contributed by atoms with Crippen LogP contribution >= 0.6 is 0 Å². The van der Waals surface area contributed by atoms with Crippen LogP contribution < -0.4 is 21.3 Å². The minimum atomic E-state index is -0.334. The standard InChI is InChI=1S/C24H24N4O3/c1-16(25-23(30)19-7-6-10-22(15-19)26-17(2)29)18-11-13-21(14-12-18)28-24(31)27-20-8-4-3-5-9-20/h3-16H,1-2H3,(H,25,30)(H,26,29)(H2,27,28,31). The van der Waals surface area contributed by atoms with E-state index in [1.54, 1.807) is 48.5 Å². The molecule has 3 rings (SSSR count). The Labute approximate surface area is 180 Å². The van der Waals surface area contributed by atoms with Gasteiger partial charge in [0.05, 0.1) is 6.04 Å². The van der Waals surface area contributed by atoms with Gasteiger partial charge in [0.1, 0.15) is 0 Å². The first-order chi connectivity index (χ1) is 14.9. The summed E-state index contributed by atoms with van der Waals surface area (Å²) >= 11 is 0. The number of amides is 4. The Morgan fingerprint density at radius 1 is 0.710 bits per heavy atom. The largest absolute Gasteiger partial charge is 0.346 e. The van der Waals surface area contributed by atoms with E-state index in [1.807, 2.05) is 37.3 Å². The zero-order valence-electron chi connectivity index (χ0n) is 17.3. The Morgan fingerprint density at radius 2 is 1.32 bits per heavy atom. The van der Waals surface area contributed by atoms with Crippen molar-refractivity contribution in [2.24, 2.45) is 0 Å². The molecule has 0 spiro atoms. The lowest BCUT2D eigenvalue weighted by atomic mass is 10.1. The molecule has 0 saturated heterocycles. The lowest BCUT2D eigenvalue weighted by molar-refractivity contribution is -0.114. The third-order valence-corrected chi connectivity index (χ3v) is 4.49. The number of para-hydroxylation sites is 1. The number of carbonyl (C=O) groups is 3. The van der Waals surface area contributed by atoms with Gasteiger partial charge in [0.2, 0.25) is 5.91 Å². The van der Waals surface area contributed by atoms with Crippen molar-refractivity contribution in [2.75, 3.05) is 16.0 Å². The molecule has 0 aliphatic rings. The number of hydrogen-bond donors (Lipinski definition) is 4. The molecule has 0 heterocycles. The van der Waals surface area contributed by atoms with Crippen LogP contribution in [-0.2, 0) is 4.79 Å². The Kier molecular flexibility index (Phi) is 7.01. The molecule has 158 valence electrons. The fourth-order valence-electron chi connectivity index (χ4n) is 2.97. The van der Waals surface area contributed by atoms with E-state index in [4.69, 9.17) is 0 Å². The summed E-state index contributed by atoms with van der Waals surface area (Å²) in [4.78, 5) is 35.9. The van der Waals surface area contributed by atoms with Crippen LogP contribution in [0, 0.1) is 0 Å². The predicted octanol–water partition coefficient (Wildman–Crippen LogP) is 4.78. The maximum atomic E-state index is 12.6. The van der Waals surface area contributed by atoms with Crippen LogP contribution in [0.25, 0.3) is 0 Å². The molecule has 3 aromatic carbocycles. The van der Waals surface area contributed by atoms with E-state index in [0.29, 0.717) is 22.6 Å². The van der Waals surface area contributed by atoms with Crippen LogP contribution in [-0.4, -0.2) is 17.8 Å². The monoisotopic (exact) mass is 416 g/mol. The molecule has 4 amide bonds. The summed E-state index contributed by atoms with van der Waals surface area (Å²) in [6.45, 7) is 3.29. The maximum Gasteiger partial charge on any atom is 0.323 e. The second-order valence-corrected chi connectivity index (χ2v) is 7.02. The van der Waals surface area contributed by atoms with Gasteiger partial charge in [-0.25, -0.2) is 4.79 Å². The molecule has 4 N–H and O–H groups in total. The Morgan fingerprint density at radius 3 is 1.97 bits per heavy atom. The van der Waals surface area contributed by atoms with E-state index < -0.39 is 0 Å². The molecule has 7 heteroatoms. The third kappa shape index (κ3) is 6.43. The van der Waals surface area contributed by atoms with E-state index in [0.717, 1.165) is 5.56 Å². The average molecular weight is 416 g/mol. The minimum absolute atomic E-state index is 0.197. The van der Waals surface area contributed by atoms with Crippen molar-refractivity contribution >= 4 is 34.9 Å². The second kappa shape index (κ2) is 10.1. The topological polar surface area (TPSA) is 99.3 Å². The van der Waals surface area contributed by atoms with E-state index in [9.17, 15) is 14.4 Å². The highest BCUT2D eigenvalue weighted by atomic mass is 16.2. The molecule has 0 aromatic heterocycles. The first-order valence-electron chi connectivity index (χ1n) is 9.82. The summed E-state index contributed by atoms with van der Waals surface area (Å²) < 4.78 is 0. The van der Waals surface area contributed by atoms with Gasteiger partial charge in [-0.1, -0.05) is 36.4 Å². The highest BCUT2D eigenvalue weighted by molar-refractivity contribution is 5.99. The minimum Gasteiger partial charge on any atom is -0.346 e. The molecule has 3 aromatic rings. The molecule has 0 radical (unpaired) electrons. The van der Waals surface area contributed by atoms with Gasteiger partial charge in [-0.3, -0.25) is 9.59 Å². The van der Waals surface area contributed by atoms with Crippen LogP contribution in [0.3, 0.4) is 0 Å². The molecular formula is C24H24N4O3. The number of hydrogen-bond acceptors (Lipinski definition) is 3. The highest BCUT2D eigenvalue weighted by Gasteiger charge is 2.12. The number of benzene rings is 3. The predicted molar refractivity (Wildman–Crippen MR) is 122 cm³/mol. The molecule has 1 unspecified atom stereocenters. The summed E-state index contributed by atoms with van der Waals surface area (Å²) in [5.41, 5.74) is 3.25. The molecule has 31 heavy (non-hydrogen) atoms. The summed E-state index contributed by atoms with van der Waals surface area (Å²) in [6, 6.07) is 22.6. The van der Waals surface area contributed by atoms with Gasteiger partial charge in [0.25, 0.3) is 5.91 Å². The molecule has 0 aliphatic heterocycles. The number of nitrogens with one attached hydrogen (secondary N) is 4. The number of anilines is 3.